The molecule has 0 spiro atoms. The molecule has 1 aromatic heterocycles. The number of hydrogen-bond acceptors (Lipinski definition) is 6. The first-order valence-corrected chi connectivity index (χ1v) is 10.5. The molecule has 9 heteroatoms. The maximum Gasteiger partial charge on any atom is 0.433 e. The van der Waals surface area contributed by atoms with Gasteiger partial charge < -0.3 is 20.5 Å². The number of aryl methyl sites for hydroxylation is 1. The number of halogens is 3. The summed E-state index contributed by atoms with van der Waals surface area (Å²) in [5.41, 5.74) is 9.34. The molecule has 1 aliphatic heterocycles. The molecule has 0 radical (unpaired) electrons. The van der Waals surface area contributed by atoms with Crippen LogP contribution in [0.15, 0.2) is 59.6 Å². The fraction of sp³-hybridized carbons (Fsp3) is 0.250. The summed E-state index contributed by atoms with van der Waals surface area (Å²) in [4.78, 5) is 7.99. The number of methoxy groups -OCH3 is 1. The van der Waals surface area contributed by atoms with Gasteiger partial charge in [-0.25, -0.2) is 4.98 Å². The highest BCUT2D eigenvalue weighted by Gasteiger charge is 2.38. The average molecular weight is 454 g/mol. The molecule has 6 nitrogen and oxygen atoms in total. The van der Waals surface area contributed by atoms with Crippen LogP contribution in [0.2, 0.25) is 0 Å². The summed E-state index contributed by atoms with van der Waals surface area (Å²) >= 11 is 0. The SMILES string of the molecule is COc1cccc2c1C(C1OC(N)=Nc3ccc(Nc4cccc(C(F)(F)F)n4)cc31)CC2. The fourth-order valence-electron chi connectivity index (χ4n) is 4.57. The van der Waals surface area contributed by atoms with E-state index in [9.17, 15) is 13.2 Å². The van der Waals surface area contributed by atoms with Crippen LogP contribution in [-0.2, 0) is 17.3 Å². The first-order chi connectivity index (χ1) is 15.8. The van der Waals surface area contributed by atoms with Crippen LogP contribution in [0.4, 0.5) is 30.4 Å². The fourth-order valence-corrected chi connectivity index (χ4v) is 4.57. The molecule has 3 aromatic rings. The van der Waals surface area contributed by atoms with Gasteiger partial charge in [-0.2, -0.15) is 18.2 Å². The molecule has 0 amide bonds. The lowest BCUT2D eigenvalue weighted by Crippen LogP contribution is -2.26. The number of rotatable bonds is 4. The van der Waals surface area contributed by atoms with Gasteiger partial charge in [0.25, 0.3) is 6.02 Å². The molecule has 0 fully saturated rings. The Kier molecular flexibility index (Phi) is 5.11. The van der Waals surface area contributed by atoms with E-state index in [2.05, 4.69) is 21.4 Å². The van der Waals surface area contributed by atoms with E-state index < -0.39 is 18.0 Å². The summed E-state index contributed by atoms with van der Waals surface area (Å²) in [6, 6.07) is 15.1. The predicted molar refractivity (Wildman–Crippen MR) is 118 cm³/mol. The summed E-state index contributed by atoms with van der Waals surface area (Å²) in [5.74, 6) is 0.878. The van der Waals surface area contributed by atoms with Crippen molar-refractivity contribution in [1.29, 1.82) is 0 Å². The minimum atomic E-state index is -4.52. The molecule has 2 heterocycles. The smallest absolute Gasteiger partial charge is 0.433 e. The van der Waals surface area contributed by atoms with Gasteiger partial charge in [-0.3, -0.25) is 0 Å². The number of pyridine rings is 1. The number of aromatic nitrogens is 1. The molecule has 2 atom stereocenters. The Bertz CT molecular complexity index is 1240. The van der Waals surface area contributed by atoms with E-state index in [1.54, 1.807) is 19.2 Å². The van der Waals surface area contributed by atoms with Crippen LogP contribution < -0.4 is 15.8 Å². The minimum absolute atomic E-state index is 0.00844. The number of hydrogen-bond donors (Lipinski definition) is 2. The highest BCUT2D eigenvalue weighted by atomic mass is 19.4. The number of benzene rings is 2. The Hall–Kier alpha value is -3.75. The molecule has 33 heavy (non-hydrogen) atoms. The van der Waals surface area contributed by atoms with E-state index in [1.165, 1.54) is 17.7 Å². The number of nitrogens with one attached hydrogen (secondary N) is 1. The van der Waals surface area contributed by atoms with Crippen molar-refractivity contribution in [3.8, 4) is 5.75 Å². The molecular weight excluding hydrogens is 433 g/mol. The third-order valence-electron chi connectivity index (χ3n) is 5.96. The molecule has 3 N–H and O–H groups in total. The van der Waals surface area contributed by atoms with Crippen molar-refractivity contribution in [3.63, 3.8) is 0 Å². The van der Waals surface area contributed by atoms with Crippen molar-refractivity contribution >= 4 is 23.2 Å². The van der Waals surface area contributed by atoms with Crippen LogP contribution >= 0.6 is 0 Å². The molecule has 2 aliphatic rings. The number of ether oxygens (including phenoxy) is 2. The standard InChI is InChI=1S/C24H21F3N4O2/c1-32-18-5-2-4-13-8-10-15(21(13)18)22-16-12-14(9-11-17(16)30-23(28)33-22)29-20-7-3-6-19(31-20)24(25,26)27/h2-7,9,11-12,15,22H,8,10H2,1H3,(H2,28,30)(H,29,31). The Labute approximate surface area is 188 Å². The van der Waals surface area contributed by atoms with Crippen LogP contribution in [0.5, 0.6) is 5.75 Å². The molecule has 2 unspecified atom stereocenters. The third kappa shape index (κ3) is 3.94. The molecule has 2 aromatic carbocycles. The Morgan fingerprint density at radius 1 is 1.12 bits per heavy atom. The van der Waals surface area contributed by atoms with Gasteiger partial charge in [-0.05, 0) is 54.8 Å². The molecular formula is C24H21F3N4O2. The number of nitrogens with two attached hydrogens (primary N) is 1. The van der Waals surface area contributed by atoms with Gasteiger partial charge in [0.2, 0.25) is 0 Å². The zero-order valence-electron chi connectivity index (χ0n) is 17.7. The average Bonchev–Trinajstić information content (AvgIpc) is 3.22. The van der Waals surface area contributed by atoms with Gasteiger partial charge >= 0.3 is 6.18 Å². The molecule has 5 rings (SSSR count). The number of alkyl halides is 3. The topological polar surface area (TPSA) is 81.8 Å². The van der Waals surface area contributed by atoms with Gasteiger partial charge in [-0.1, -0.05) is 18.2 Å². The summed E-state index contributed by atoms with van der Waals surface area (Å²) in [7, 11) is 1.64. The quantitative estimate of drug-likeness (QED) is 0.536. The van der Waals surface area contributed by atoms with E-state index in [1.807, 2.05) is 18.2 Å². The van der Waals surface area contributed by atoms with Crippen LogP contribution in [0.25, 0.3) is 0 Å². The highest BCUT2D eigenvalue weighted by Crippen LogP contribution is 2.50. The first kappa shape index (κ1) is 21.1. The lowest BCUT2D eigenvalue weighted by atomic mass is 9.88. The lowest BCUT2D eigenvalue weighted by Gasteiger charge is -2.30. The number of aliphatic imine (C=N–C) groups is 1. The number of nitrogens with zero attached hydrogens (tertiary/aromatic N) is 2. The van der Waals surface area contributed by atoms with Crippen molar-refractivity contribution in [2.75, 3.05) is 12.4 Å². The van der Waals surface area contributed by atoms with Crippen molar-refractivity contribution in [2.45, 2.75) is 31.0 Å². The highest BCUT2D eigenvalue weighted by molar-refractivity contribution is 5.80. The predicted octanol–water partition coefficient (Wildman–Crippen LogP) is 5.60. The van der Waals surface area contributed by atoms with Crippen LogP contribution in [0.1, 0.15) is 40.8 Å². The maximum absolute atomic E-state index is 13.0. The van der Waals surface area contributed by atoms with E-state index in [0.717, 1.165) is 35.8 Å². The Balaban J connectivity index is 1.51. The minimum Gasteiger partial charge on any atom is -0.496 e. The van der Waals surface area contributed by atoms with Crippen LogP contribution in [-0.4, -0.2) is 18.1 Å². The zero-order valence-corrected chi connectivity index (χ0v) is 17.7. The Morgan fingerprint density at radius 2 is 1.94 bits per heavy atom. The first-order valence-electron chi connectivity index (χ1n) is 10.5. The molecule has 0 saturated carbocycles. The van der Waals surface area contributed by atoms with Gasteiger partial charge in [0.15, 0.2) is 0 Å². The second kappa shape index (κ2) is 7.99. The van der Waals surface area contributed by atoms with E-state index in [0.29, 0.717) is 11.4 Å². The monoisotopic (exact) mass is 454 g/mol. The van der Waals surface area contributed by atoms with Gasteiger partial charge in [0, 0.05) is 22.7 Å². The van der Waals surface area contributed by atoms with Gasteiger partial charge in [0.1, 0.15) is 23.4 Å². The zero-order chi connectivity index (χ0) is 23.2. The van der Waals surface area contributed by atoms with Crippen LogP contribution in [0, 0.1) is 0 Å². The van der Waals surface area contributed by atoms with Gasteiger partial charge in [-0.15, -0.1) is 0 Å². The van der Waals surface area contributed by atoms with Gasteiger partial charge in [0.05, 0.1) is 12.8 Å². The van der Waals surface area contributed by atoms with Crippen molar-refractivity contribution < 1.29 is 22.6 Å². The summed E-state index contributed by atoms with van der Waals surface area (Å²) in [6.07, 6.45) is -3.20. The second-order valence-corrected chi connectivity index (χ2v) is 7.97. The van der Waals surface area contributed by atoms with Crippen molar-refractivity contribution in [2.24, 2.45) is 10.7 Å². The summed E-state index contributed by atoms with van der Waals surface area (Å²) in [6.45, 7) is 0. The third-order valence-corrected chi connectivity index (χ3v) is 5.96. The molecule has 170 valence electrons. The number of anilines is 2. The number of amidine groups is 1. The lowest BCUT2D eigenvalue weighted by molar-refractivity contribution is -0.141. The summed E-state index contributed by atoms with van der Waals surface area (Å²) in [5, 5.41) is 2.96. The Morgan fingerprint density at radius 3 is 2.73 bits per heavy atom. The van der Waals surface area contributed by atoms with Crippen LogP contribution in [0.3, 0.4) is 0 Å². The number of fused-ring (bicyclic) bond motifs is 2. The maximum atomic E-state index is 13.0. The molecule has 0 bridgehead atoms. The summed E-state index contributed by atoms with van der Waals surface area (Å²) < 4.78 is 50.7. The largest absolute Gasteiger partial charge is 0.496 e. The van der Waals surface area contributed by atoms with Crippen molar-refractivity contribution in [1.82, 2.24) is 4.98 Å². The normalized spacial score (nSPS) is 19.2. The van der Waals surface area contributed by atoms with E-state index >= 15 is 0 Å². The van der Waals surface area contributed by atoms with E-state index in [4.69, 9.17) is 15.2 Å². The second-order valence-electron chi connectivity index (χ2n) is 7.97. The van der Waals surface area contributed by atoms with E-state index in [-0.39, 0.29) is 17.8 Å². The molecule has 0 saturated heterocycles. The van der Waals surface area contributed by atoms with Crippen molar-refractivity contribution in [3.05, 3.63) is 77.0 Å². The molecule has 1 aliphatic carbocycles.